The zero-order valence-electron chi connectivity index (χ0n) is 13.9. The second-order valence-corrected chi connectivity index (χ2v) is 6.60. The Kier molecular flexibility index (Phi) is 5.06. The van der Waals surface area contributed by atoms with Gasteiger partial charge >= 0.3 is 0 Å². The average Bonchev–Trinajstić information content (AvgIpc) is 2.62. The summed E-state index contributed by atoms with van der Waals surface area (Å²) in [5, 5.41) is 9.39. The number of piperazine rings is 1. The lowest BCUT2D eigenvalue weighted by Gasteiger charge is -2.40. The smallest absolute Gasteiger partial charge is 0.239 e. The van der Waals surface area contributed by atoms with E-state index >= 15 is 0 Å². The SMILES string of the molecule is C[C@@H](C(=O)N1CCCCC1)N1CCN(c2ccc(O)cc2)CC1. The number of piperidine rings is 1. The van der Waals surface area contributed by atoms with Crippen LogP contribution in [0.25, 0.3) is 0 Å². The van der Waals surface area contributed by atoms with Gasteiger partial charge in [0.15, 0.2) is 0 Å². The number of phenols is 1. The molecular weight excluding hydrogens is 290 g/mol. The van der Waals surface area contributed by atoms with Crippen LogP contribution < -0.4 is 4.90 Å². The van der Waals surface area contributed by atoms with Gasteiger partial charge in [0, 0.05) is 45.0 Å². The predicted octanol–water partition coefficient (Wildman–Crippen LogP) is 1.92. The monoisotopic (exact) mass is 317 g/mol. The normalized spacial score (nSPS) is 21.3. The van der Waals surface area contributed by atoms with Gasteiger partial charge in [0.05, 0.1) is 6.04 Å². The van der Waals surface area contributed by atoms with Crippen molar-refractivity contribution in [3.8, 4) is 5.75 Å². The molecule has 3 rings (SSSR count). The number of benzene rings is 1. The summed E-state index contributed by atoms with van der Waals surface area (Å²) in [6.07, 6.45) is 3.55. The summed E-state index contributed by atoms with van der Waals surface area (Å²) in [7, 11) is 0. The van der Waals surface area contributed by atoms with Crippen LogP contribution in [0.1, 0.15) is 26.2 Å². The average molecular weight is 317 g/mol. The number of phenolic OH excluding ortho intramolecular Hbond substituents is 1. The van der Waals surface area contributed by atoms with Crippen LogP contribution in [0.2, 0.25) is 0 Å². The van der Waals surface area contributed by atoms with Crippen molar-refractivity contribution < 1.29 is 9.90 Å². The number of aromatic hydroxyl groups is 1. The Hall–Kier alpha value is -1.75. The fourth-order valence-corrected chi connectivity index (χ4v) is 3.57. The molecule has 1 aromatic carbocycles. The number of amides is 1. The molecule has 0 spiro atoms. The van der Waals surface area contributed by atoms with E-state index in [-0.39, 0.29) is 6.04 Å². The van der Waals surface area contributed by atoms with E-state index < -0.39 is 0 Å². The third kappa shape index (κ3) is 3.78. The van der Waals surface area contributed by atoms with E-state index in [1.54, 1.807) is 12.1 Å². The molecule has 2 heterocycles. The molecule has 1 atom stereocenters. The first-order valence-corrected chi connectivity index (χ1v) is 8.72. The molecule has 0 unspecified atom stereocenters. The molecule has 5 nitrogen and oxygen atoms in total. The molecule has 1 amide bonds. The second kappa shape index (κ2) is 7.21. The maximum atomic E-state index is 12.6. The summed E-state index contributed by atoms with van der Waals surface area (Å²) >= 11 is 0. The molecule has 5 heteroatoms. The summed E-state index contributed by atoms with van der Waals surface area (Å²) in [4.78, 5) is 19.3. The Labute approximate surface area is 138 Å². The zero-order valence-corrected chi connectivity index (χ0v) is 13.9. The summed E-state index contributed by atoms with van der Waals surface area (Å²) in [6, 6.07) is 7.34. The topological polar surface area (TPSA) is 47.0 Å². The van der Waals surface area contributed by atoms with E-state index in [9.17, 15) is 9.90 Å². The fraction of sp³-hybridized carbons (Fsp3) is 0.611. The number of nitrogens with zero attached hydrogens (tertiary/aromatic N) is 3. The van der Waals surface area contributed by atoms with Crippen LogP contribution in [0.4, 0.5) is 5.69 Å². The molecule has 1 aromatic rings. The molecule has 2 fully saturated rings. The van der Waals surface area contributed by atoms with Gasteiger partial charge in [-0.2, -0.15) is 0 Å². The standard InChI is InChI=1S/C18H27N3O2/c1-15(18(23)21-9-3-2-4-10-21)19-11-13-20(14-12-19)16-5-7-17(22)8-6-16/h5-8,15,22H,2-4,9-14H2,1H3/t15-/m0/s1. The van der Waals surface area contributed by atoms with Crippen LogP contribution in [-0.4, -0.2) is 66.1 Å². The number of carbonyl (C=O) groups is 1. The van der Waals surface area contributed by atoms with Crippen LogP contribution in [-0.2, 0) is 4.79 Å². The Balaban J connectivity index is 1.53. The van der Waals surface area contributed by atoms with E-state index in [0.717, 1.165) is 57.8 Å². The molecular formula is C18H27N3O2. The molecule has 0 aromatic heterocycles. The molecule has 0 radical (unpaired) electrons. The molecule has 126 valence electrons. The van der Waals surface area contributed by atoms with E-state index in [0.29, 0.717) is 11.7 Å². The minimum absolute atomic E-state index is 0.0185. The Morgan fingerprint density at radius 3 is 2.17 bits per heavy atom. The molecule has 2 aliphatic rings. The van der Waals surface area contributed by atoms with Gasteiger partial charge in [-0.15, -0.1) is 0 Å². The number of rotatable bonds is 3. The van der Waals surface area contributed by atoms with Crippen molar-refractivity contribution in [1.29, 1.82) is 0 Å². The van der Waals surface area contributed by atoms with Crippen LogP contribution >= 0.6 is 0 Å². The van der Waals surface area contributed by atoms with Crippen molar-refractivity contribution in [2.45, 2.75) is 32.2 Å². The number of carbonyl (C=O) groups excluding carboxylic acids is 1. The molecule has 1 N–H and O–H groups in total. The van der Waals surface area contributed by atoms with Crippen LogP contribution in [0, 0.1) is 0 Å². The van der Waals surface area contributed by atoms with Gasteiger partial charge in [0.25, 0.3) is 0 Å². The van der Waals surface area contributed by atoms with Gasteiger partial charge in [-0.05, 0) is 50.5 Å². The molecule has 2 saturated heterocycles. The molecule has 23 heavy (non-hydrogen) atoms. The number of hydrogen-bond acceptors (Lipinski definition) is 4. The van der Waals surface area contributed by atoms with Gasteiger partial charge in [0.1, 0.15) is 5.75 Å². The largest absolute Gasteiger partial charge is 0.508 e. The zero-order chi connectivity index (χ0) is 16.2. The second-order valence-electron chi connectivity index (χ2n) is 6.60. The van der Waals surface area contributed by atoms with E-state index in [1.807, 2.05) is 24.0 Å². The van der Waals surface area contributed by atoms with Crippen LogP contribution in [0.5, 0.6) is 5.75 Å². The highest BCUT2D eigenvalue weighted by atomic mass is 16.3. The first-order chi connectivity index (χ1) is 11.1. The molecule has 2 aliphatic heterocycles. The Bertz CT molecular complexity index is 518. The van der Waals surface area contributed by atoms with Gasteiger partial charge in [-0.1, -0.05) is 0 Å². The van der Waals surface area contributed by atoms with Crippen molar-refractivity contribution in [1.82, 2.24) is 9.80 Å². The van der Waals surface area contributed by atoms with Crippen LogP contribution in [0.3, 0.4) is 0 Å². The summed E-state index contributed by atoms with van der Waals surface area (Å²) in [6.45, 7) is 7.55. The third-order valence-electron chi connectivity index (χ3n) is 5.10. The van der Waals surface area contributed by atoms with Crippen molar-refractivity contribution in [3.05, 3.63) is 24.3 Å². The van der Waals surface area contributed by atoms with Gasteiger partial charge in [-0.3, -0.25) is 9.69 Å². The minimum atomic E-state index is -0.0185. The first kappa shape index (κ1) is 16.1. The Morgan fingerprint density at radius 2 is 1.57 bits per heavy atom. The lowest BCUT2D eigenvalue weighted by molar-refractivity contribution is -0.137. The number of hydrogen-bond donors (Lipinski definition) is 1. The quantitative estimate of drug-likeness (QED) is 0.925. The highest BCUT2D eigenvalue weighted by molar-refractivity contribution is 5.81. The molecule has 0 bridgehead atoms. The predicted molar refractivity (Wildman–Crippen MR) is 91.8 cm³/mol. The van der Waals surface area contributed by atoms with Gasteiger partial charge in [-0.25, -0.2) is 0 Å². The van der Waals surface area contributed by atoms with Crippen LogP contribution in [0.15, 0.2) is 24.3 Å². The highest BCUT2D eigenvalue weighted by Gasteiger charge is 2.29. The first-order valence-electron chi connectivity index (χ1n) is 8.72. The lowest BCUT2D eigenvalue weighted by atomic mass is 10.1. The van der Waals surface area contributed by atoms with Gasteiger partial charge in [0.2, 0.25) is 5.91 Å². The fourth-order valence-electron chi connectivity index (χ4n) is 3.57. The van der Waals surface area contributed by atoms with Crippen molar-refractivity contribution >= 4 is 11.6 Å². The van der Waals surface area contributed by atoms with E-state index in [1.165, 1.54) is 6.42 Å². The lowest BCUT2D eigenvalue weighted by Crippen LogP contribution is -2.55. The summed E-state index contributed by atoms with van der Waals surface area (Å²) < 4.78 is 0. The summed E-state index contributed by atoms with van der Waals surface area (Å²) in [5.41, 5.74) is 1.14. The number of likely N-dealkylation sites (tertiary alicyclic amines) is 1. The van der Waals surface area contributed by atoms with E-state index in [2.05, 4.69) is 9.80 Å². The van der Waals surface area contributed by atoms with E-state index in [4.69, 9.17) is 0 Å². The highest BCUT2D eigenvalue weighted by Crippen LogP contribution is 2.21. The maximum Gasteiger partial charge on any atom is 0.239 e. The van der Waals surface area contributed by atoms with Crippen molar-refractivity contribution in [2.75, 3.05) is 44.2 Å². The van der Waals surface area contributed by atoms with Crippen molar-refractivity contribution in [3.63, 3.8) is 0 Å². The minimum Gasteiger partial charge on any atom is -0.508 e. The Morgan fingerprint density at radius 1 is 0.957 bits per heavy atom. The van der Waals surface area contributed by atoms with Crippen molar-refractivity contribution in [2.24, 2.45) is 0 Å². The van der Waals surface area contributed by atoms with Gasteiger partial charge < -0.3 is 14.9 Å². The molecule has 0 saturated carbocycles. The molecule has 0 aliphatic carbocycles. The maximum absolute atomic E-state index is 12.6. The number of anilines is 1. The summed E-state index contributed by atoms with van der Waals surface area (Å²) in [5.74, 6) is 0.593. The third-order valence-corrected chi connectivity index (χ3v) is 5.10.